The number of rotatable bonds is 72. The van der Waals surface area contributed by atoms with E-state index in [2.05, 4.69) is 79.9 Å². The van der Waals surface area contributed by atoms with Gasteiger partial charge in [-0.3, -0.25) is 4.79 Å². The maximum Gasteiger partial charge on any atom is 0.220 e. The zero-order valence-corrected chi connectivity index (χ0v) is 68.5. The Hall–Kier alpha value is -2.77. The number of hydrogen-bond donors (Lipinski definition) is 12. The quantitative estimate of drug-likeness (QED) is 0.0199. The molecule has 3 aliphatic heterocycles. The van der Waals surface area contributed by atoms with Crippen LogP contribution in [0.4, 0.5) is 0 Å². The molecule has 3 rings (SSSR count). The molecule has 3 saturated heterocycles. The van der Waals surface area contributed by atoms with Gasteiger partial charge in [0, 0.05) is 6.42 Å². The number of ether oxygens (including phenoxy) is 6. The summed E-state index contributed by atoms with van der Waals surface area (Å²) in [5, 5.41) is 121. The maximum atomic E-state index is 13.5. The monoisotopic (exact) mass is 1550 g/mol. The molecule has 0 aromatic rings. The van der Waals surface area contributed by atoms with Crippen LogP contribution in [0.2, 0.25) is 0 Å². The van der Waals surface area contributed by atoms with E-state index in [-0.39, 0.29) is 18.9 Å². The van der Waals surface area contributed by atoms with Crippen molar-refractivity contribution in [2.24, 2.45) is 0 Å². The highest BCUT2D eigenvalue weighted by atomic mass is 16.8. The topological polar surface area (TPSA) is 307 Å². The summed E-state index contributed by atoms with van der Waals surface area (Å²) in [6.45, 7) is 1.67. The van der Waals surface area contributed by atoms with Gasteiger partial charge >= 0.3 is 0 Å². The lowest BCUT2D eigenvalue weighted by Gasteiger charge is -2.48. The molecular weight excluding hydrogens is 1380 g/mol. The van der Waals surface area contributed by atoms with Crippen molar-refractivity contribution in [3.05, 3.63) is 72.9 Å². The van der Waals surface area contributed by atoms with Crippen molar-refractivity contribution < 1.29 is 89.4 Å². The molecule has 636 valence electrons. The van der Waals surface area contributed by atoms with E-state index in [1.807, 2.05) is 6.08 Å². The van der Waals surface area contributed by atoms with Gasteiger partial charge < -0.3 is 89.9 Å². The third-order valence-corrected chi connectivity index (χ3v) is 22.0. The van der Waals surface area contributed by atoms with Crippen molar-refractivity contribution in [1.82, 2.24) is 5.32 Å². The van der Waals surface area contributed by atoms with Crippen molar-refractivity contribution in [3.63, 3.8) is 0 Å². The summed E-state index contributed by atoms with van der Waals surface area (Å²) in [5.74, 6) is -0.269. The molecule has 0 aromatic carbocycles. The van der Waals surface area contributed by atoms with Gasteiger partial charge in [0.1, 0.15) is 73.2 Å². The Bertz CT molecular complexity index is 2250. The van der Waals surface area contributed by atoms with Crippen molar-refractivity contribution in [1.29, 1.82) is 0 Å². The molecular formula is C90H163NO18. The molecule has 3 heterocycles. The number of aliphatic hydroxyl groups excluding tert-OH is 11. The standard InChI is InChI=1S/C90H163NO18/c1-3-5-7-9-11-13-15-17-19-21-23-25-27-28-29-30-31-32-33-34-35-36-37-38-39-40-41-42-43-44-46-48-50-52-54-56-58-60-62-64-66-68-78(96)91-73(74(95)67-65-63-61-59-57-55-53-51-49-47-45-26-24-22-20-18-16-14-12-10-8-6-4-2)72-104-88-84(102)81(99)86(76(70-93)106-88)109-90-85(103)82(100)87(77(71-94)107-90)108-89-83(101)80(98)79(97)75(69-92)105-89/h5,7,11,13,17,19,23,25,28-29,65,67,73-77,79-90,92-95,97-103H,3-4,6,8-10,12,14-16,18,20-22,24,26-27,30-64,66,68-72H2,1-2H3,(H,91,96)/b7-5-,13-11-,19-17-,25-23-,29-28-,67-65+. The number of aliphatic hydroxyl groups is 11. The molecule has 3 aliphatic rings. The minimum atomic E-state index is -1.98. The zero-order valence-electron chi connectivity index (χ0n) is 68.5. The summed E-state index contributed by atoms with van der Waals surface area (Å²) in [6, 6.07) is -0.975. The van der Waals surface area contributed by atoms with Crippen LogP contribution in [-0.2, 0) is 33.2 Å². The number of allylic oxidation sites excluding steroid dienone is 11. The van der Waals surface area contributed by atoms with E-state index in [9.17, 15) is 61.0 Å². The minimum absolute atomic E-state index is 0.246. The van der Waals surface area contributed by atoms with Crippen LogP contribution >= 0.6 is 0 Å². The van der Waals surface area contributed by atoms with E-state index >= 15 is 0 Å². The molecule has 19 heteroatoms. The van der Waals surface area contributed by atoms with Gasteiger partial charge in [-0.15, -0.1) is 0 Å². The van der Waals surface area contributed by atoms with Crippen molar-refractivity contribution in [2.45, 2.75) is 465 Å². The van der Waals surface area contributed by atoms with Crippen molar-refractivity contribution in [2.75, 3.05) is 26.4 Å². The van der Waals surface area contributed by atoms with Gasteiger partial charge in [0.25, 0.3) is 0 Å². The van der Waals surface area contributed by atoms with E-state index in [0.29, 0.717) is 6.42 Å². The predicted octanol–water partition coefficient (Wildman–Crippen LogP) is 16.7. The molecule has 3 fully saturated rings. The lowest BCUT2D eigenvalue weighted by Crippen LogP contribution is -2.66. The van der Waals surface area contributed by atoms with Crippen molar-refractivity contribution in [3.8, 4) is 0 Å². The van der Waals surface area contributed by atoms with Crippen LogP contribution in [0.5, 0.6) is 0 Å². The zero-order chi connectivity index (χ0) is 78.8. The van der Waals surface area contributed by atoms with E-state index in [1.165, 1.54) is 257 Å². The first-order valence-corrected chi connectivity index (χ1v) is 44.7. The summed E-state index contributed by atoms with van der Waals surface area (Å²) in [4.78, 5) is 13.5. The molecule has 0 bridgehead atoms. The third-order valence-electron chi connectivity index (χ3n) is 22.0. The largest absolute Gasteiger partial charge is 0.394 e. The van der Waals surface area contributed by atoms with Gasteiger partial charge in [0.15, 0.2) is 18.9 Å². The van der Waals surface area contributed by atoms with E-state index in [1.54, 1.807) is 6.08 Å². The van der Waals surface area contributed by atoms with E-state index < -0.39 is 124 Å². The molecule has 0 spiro atoms. The van der Waals surface area contributed by atoms with Gasteiger partial charge in [-0.2, -0.15) is 0 Å². The Morgan fingerprint density at radius 1 is 0.339 bits per heavy atom. The molecule has 0 saturated carbocycles. The third kappa shape index (κ3) is 48.4. The SMILES string of the molecule is CC/C=C\C/C=C\C/C=C\C/C=C\C/C=C\CCCCCCCCCCCCCCCCCCCCCCCCCCCC(=O)NC(COC1OC(CO)C(OC2OC(CO)C(OC3OC(CO)C(O)C(O)C3O)C(O)C2O)C(O)C1O)C(O)/C=C/CCCCCCCCCCCCCCCCCCCCCCC. The Morgan fingerprint density at radius 3 is 0.991 bits per heavy atom. The molecule has 17 atom stereocenters. The number of carbonyl (C=O) groups excluding carboxylic acids is 1. The highest BCUT2D eigenvalue weighted by Crippen LogP contribution is 2.34. The van der Waals surface area contributed by atoms with Crippen LogP contribution in [0.15, 0.2) is 72.9 Å². The van der Waals surface area contributed by atoms with E-state index in [0.717, 1.165) is 77.0 Å². The van der Waals surface area contributed by atoms with Crippen LogP contribution in [0, 0.1) is 0 Å². The molecule has 19 nitrogen and oxygen atoms in total. The number of unbranched alkanes of at least 4 members (excludes halogenated alkanes) is 46. The van der Waals surface area contributed by atoms with Crippen molar-refractivity contribution >= 4 is 5.91 Å². The Labute approximate surface area is 661 Å². The maximum absolute atomic E-state index is 13.5. The van der Waals surface area contributed by atoms with Crippen LogP contribution < -0.4 is 5.32 Å². The second-order valence-corrected chi connectivity index (χ2v) is 31.7. The molecule has 12 N–H and O–H groups in total. The Balaban J connectivity index is 1.29. The summed E-state index contributed by atoms with van der Waals surface area (Å²) in [7, 11) is 0. The number of amides is 1. The summed E-state index contributed by atoms with van der Waals surface area (Å²) in [6.07, 6.45) is 66.3. The first-order chi connectivity index (χ1) is 53.3. The Morgan fingerprint density at radius 2 is 0.633 bits per heavy atom. The summed E-state index contributed by atoms with van der Waals surface area (Å²) >= 11 is 0. The molecule has 109 heavy (non-hydrogen) atoms. The highest BCUT2D eigenvalue weighted by Gasteiger charge is 2.54. The molecule has 0 aromatic heterocycles. The summed E-state index contributed by atoms with van der Waals surface area (Å²) in [5.41, 5.74) is 0. The van der Waals surface area contributed by atoms with E-state index in [4.69, 9.17) is 28.4 Å². The number of carbonyl (C=O) groups is 1. The fourth-order valence-corrected chi connectivity index (χ4v) is 14.9. The molecule has 0 aliphatic carbocycles. The smallest absolute Gasteiger partial charge is 0.220 e. The predicted molar refractivity (Wildman–Crippen MR) is 438 cm³/mol. The first-order valence-electron chi connectivity index (χ1n) is 44.7. The highest BCUT2D eigenvalue weighted by molar-refractivity contribution is 5.76. The summed E-state index contributed by atoms with van der Waals surface area (Å²) < 4.78 is 34.5. The lowest BCUT2D eigenvalue weighted by molar-refractivity contribution is -0.379. The fourth-order valence-electron chi connectivity index (χ4n) is 14.9. The van der Waals surface area contributed by atoms with Crippen LogP contribution in [-0.4, -0.2) is 193 Å². The minimum Gasteiger partial charge on any atom is -0.394 e. The normalized spacial score (nSPS) is 25.6. The van der Waals surface area contributed by atoms with Crippen LogP contribution in [0.3, 0.4) is 0 Å². The second kappa shape index (κ2) is 69.5. The Kier molecular flexibility index (Phi) is 64.1. The van der Waals surface area contributed by atoms with Crippen LogP contribution in [0.25, 0.3) is 0 Å². The van der Waals surface area contributed by atoms with Gasteiger partial charge in [0.05, 0.1) is 38.6 Å². The van der Waals surface area contributed by atoms with Gasteiger partial charge in [-0.1, -0.05) is 363 Å². The average molecular weight is 1550 g/mol. The second-order valence-electron chi connectivity index (χ2n) is 31.7. The lowest BCUT2D eigenvalue weighted by atomic mass is 9.96. The number of nitrogens with one attached hydrogen (secondary N) is 1. The van der Waals surface area contributed by atoms with Crippen LogP contribution in [0.1, 0.15) is 361 Å². The number of hydrogen-bond acceptors (Lipinski definition) is 18. The molecule has 17 unspecified atom stereocenters. The first kappa shape index (κ1) is 100. The van der Waals surface area contributed by atoms with Gasteiger partial charge in [0.2, 0.25) is 5.91 Å². The molecule has 0 radical (unpaired) electrons. The van der Waals surface area contributed by atoms with Gasteiger partial charge in [-0.25, -0.2) is 0 Å². The fraction of sp³-hybridized carbons (Fsp3) is 0.856. The average Bonchev–Trinajstić information content (AvgIpc) is 0.760. The molecule has 1 amide bonds. The van der Waals surface area contributed by atoms with Gasteiger partial charge in [-0.05, 0) is 64.2 Å².